The zero-order chi connectivity index (χ0) is 10.3. The van der Waals surface area contributed by atoms with Crippen LogP contribution in [0.5, 0.6) is 0 Å². The predicted octanol–water partition coefficient (Wildman–Crippen LogP) is 2.41. The molecule has 3 heteroatoms. The second-order valence-electron chi connectivity index (χ2n) is 3.89. The van der Waals surface area contributed by atoms with E-state index in [1.807, 2.05) is 13.8 Å². The van der Waals surface area contributed by atoms with Crippen LogP contribution in [-0.4, -0.2) is 30.7 Å². The van der Waals surface area contributed by atoms with Crippen molar-refractivity contribution in [3.8, 4) is 0 Å². The van der Waals surface area contributed by atoms with Crippen LogP contribution in [0.25, 0.3) is 0 Å². The van der Waals surface area contributed by atoms with E-state index in [-0.39, 0.29) is 5.54 Å². The summed E-state index contributed by atoms with van der Waals surface area (Å²) >= 11 is 5.85. The van der Waals surface area contributed by atoms with Gasteiger partial charge in [-0.1, -0.05) is 6.92 Å². The van der Waals surface area contributed by atoms with Crippen LogP contribution >= 0.6 is 11.6 Å². The Kier molecular flexibility index (Phi) is 6.74. The number of alkyl halides is 1. The van der Waals surface area contributed by atoms with Gasteiger partial charge in [0.25, 0.3) is 0 Å². The zero-order valence-electron chi connectivity index (χ0n) is 9.19. The summed E-state index contributed by atoms with van der Waals surface area (Å²) in [4.78, 5) is 0. The van der Waals surface area contributed by atoms with Crippen LogP contribution in [0, 0.1) is 0 Å². The Bertz CT molecular complexity index is 124. The highest BCUT2D eigenvalue weighted by Crippen LogP contribution is 2.10. The topological polar surface area (TPSA) is 21.3 Å². The molecule has 0 amide bonds. The lowest BCUT2D eigenvalue weighted by Crippen LogP contribution is -2.45. The molecule has 0 spiro atoms. The van der Waals surface area contributed by atoms with E-state index in [0.717, 1.165) is 19.6 Å². The molecular formula is C10H22ClNO. The Labute approximate surface area is 87.0 Å². The van der Waals surface area contributed by atoms with Gasteiger partial charge in [-0.25, -0.2) is 0 Å². The molecule has 0 aromatic rings. The third-order valence-corrected chi connectivity index (χ3v) is 2.77. The Morgan fingerprint density at radius 2 is 2.08 bits per heavy atom. The van der Waals surface area contributed by atoms with Gasteiger partial charge < -0.3 is 10.1 Å². The fourth-order valence-corrected chi connectivity index (χ4v) is 1.20. The SMILES string of the molecule is CCC(C)(CCl)NCCOC(C)C. The molecule has 0 heterocycles. The fraction of sp³-hybridized carbons (Fsp3) is 1.00. The molecule has 1 atom stereocenters. The Morgan fingerprint density at radius 3 is 2.46 bits per heavy atom. The number of nitrogens with one attached hydrogen (secondary N) is 1. The second-order valence-corrected chi connectivity index (χ2v) is 4.16. The van der Waals surface area contributed by atoms with Crippen LogP contribution in [0.15, 0.2) is 0 Å². The summed E-state index contributed by atoms with van der Waals surface area (Å²) in [5, 5.41) is 3.39. The molecule has 0 aromatic heterocycles. The van der Waals surface area contributed by atoms with Crippen molar-refractivity contribution in [1.29, 1.82) is 0 Å². The zero-order valence-corrected chi connectivity index (χ0v) is 9.95. The summed E-state index contributed by atoms with van der Waals surface area (Å²) in [6.07, 6.45) is 1.35. The molecule has 0 rings (SSSR count). The Hall–Kier alpha value is 0.210. The monoisotopic (exact) mass is 207 g/mol. The third kappa shape index (κ3) is 6.30. The van der Waals surface area contributed by atoms with Crippen LogP contribution in [-0.2, 0) is 4.74 Å². The van der Waals surface area contributed by atoms with E-state index < -0.39 is 0 Å². The van der Waals surface area contributed by atoms with Gasteiger partial charge in [0.05, 0.1) is 12.7 Å². The average molecular weight is 208 g/mol. The van der Waals surface area contributed by atoms with Crippen molar-refractivity contribution in [3.63, 3.8) is 0 Å². The van der Waals surface area contributed by atoms with E-state index in [1.165, 1.54) is 0 Å². The minimum absolute atomic E-state index is 0.0574. The highest BCUT2D eigenvalue weighted by Gasteiger charge is 2.18. The first-order valence-electron chi connectivity index (χ1n) is 4.96. The van der Waals surface area contributed by atoms with Crippen molar-refractivity contribution in [2.24, 2.45) is 0 Å². The normalized spacial score (nSPS) is 16.2. The van der Waals surface area contributed by atoms with Crippen molar-refractivity contribution in [3.05, 3.63) is 0 Å². The molecule has 0 aliphatic rings. The average Bonchev–Trinajstić information content (AvgIpc) is 2.12. The number of rotatable bonds is 7. The fourth-order valence-electron chi connectivity index (χ4n) is 0.914. The summed E-state index contributed by atoms with van der Waals surface area (Å²) in [6.45, 7) is 9.98. The molecule has 13 heavy (non-hydrogen) atoms. The molecule has 0 saturated heterocycles. The predicted molar refractivity (Wildman–Crippen MR) is 58.5 cm³/mol. The van der Waals surface area contributed by atoms with Crippen molar-refractivity contribution in [1.82, 2.24) is 5.32 Å². The molecule has 0 aromatic carbocycles. The largest absolute Gasteiger partial charge is 0.377 e. The molecule has 0 aliphatic carbocycles. The number of ether oxygens (including phenoxy) is 1. The lowest BCUT2D eigenvalue weighted by atomic mass is 10.0. The quantitative estimate of drug-likeness (QED) is 0.512. The standard InChI is InChI=1S/C10H22ClNO/c1-5-10(4,8-11)12-6-7-13-9(2)3/h9,12H,5-8H2,1-4H3. The molecule has 2 nitrogen and oxygen atoms in total. The van der Waals surface area contributed by atoms with E-state index in [4.69, 9.17) is 16.3 Å². The summed E-state index contributed by atoms with van der Waals surface area (Å²) in [6, 6.07) is 0. The van der Waals surface area contributed by atoms with Crippen molar-refractivity contribution in [2.75, 3.05) is 19.0 Å². The first kappa shape index (κ1) is 13.2. The highest BCUT2D eigenvalue weighted by molar-refractivity contribution is 6.18. The maximum atomic E-state index is 5.85. The van der Waals surface area contributed by atoms with Gasteiger partial charge in [-0.3, -0.25) is 0 Å². The molecular weight excluding hydrogens is 186 g/mol. The molecule has 0 fully saturated rings. The van der Waals surface area contributed by atoms with E-state index in [9.17, 15) is 0 Å². The van der Waals surface area contributed by atoms with E-state index >= 15 is 0 Å². The molecule has 1 N–H and O–H groups in total. The molecule has 0 aliphatic heterocycles. The summed E-state index contributed by atoms with van der Waals surface area (Å²) < 4.78 is 5.42. The van der Waals surface area contributed by atoms with Crippen LogP contribution in [0.1, 0.15) is 34.1 Å². The van der Waals surface area contributed by atoms with Crippen LogP contribution < -0.4 is 5.32 Å². The second kappa shape index (κ2) is 6.63. The summed E-state index contributed by atoms with van der Waals surface area (Å²) in [5.74, 6) is 0.644. The van der Waals surface area contributed by atoms with Gasteiger partial charge in [0, 0.05) is 18.0 Å². The summed E-state index contributed by atoms with van der Waals surface area (Å²) in [7, 11) is 0. The van der Waals surface area contributed by atoms with Gasteiger partial charge in [-0.05, 0) is 27.2 Å². The van der Waals surface area contributed by atoms with E-state index in [2.05, 4.69) is 19.2 Å². The molecule has 0 bridgehead atoms. The van der Waals surface area contributed by atoms with Gasteiger partial charge >= 0.3 is 0 Å². The number of hydrogen-bond donors (Lipinski definition) is 1. The first-order chi connectivity index (χ1) is 6.04. The van der Waals surface area contributed by atoms with Crippen molar-refractivity contribution < 1.29 is 4.74 Å². The van der Waals surface area contributed by atoms with Gasteiger partial charge in [0.2, 0.25) is 0 Å². The van der Waals surface area contributed by atoms with E-state index in [1.54, 1.807) is 0 Å². The molecule has 1 unspecified atom stereocenters. The lowest BCUT2D eigenvalue weighted by molar-refractivity contribution is 0.0769. The van der Waals surface area contributed by atoms with Gasteiger partial charge in [0.1, 0.15) is 0 Å². The highest BCUT2D eigenvalue weighted by atomic mass is 35.5. The minimum atomic E-state index is 0.0574. The minimum Gasteiger partial charge on any atom is -0.377 e. The van der Waals surface area contributed by atoms with Crippen LogP contribution in [0.2, 0.25) is 0 Å². The van der Waals surface area contributed by atoms with Gasteiger partial charge in [0.15, 0.2) is 0 Å². The van der Waals surface area contributed by atoms with Gasteiger partial charge in [-0.2, -0.15) is 0 Å². The summed E-state index contributed by atoms with van der Waals surface area (Å²) in [5.41, 5.74) is 0.0574. The van der Waals surface area contributed by atoms with Gasteiger partial charge in [-0.15, -0.1) is 11.6 Å². The molecule has 0 saturated carbocycles. The lowest BCUT2D eigenvalue weighted by Gasteiger charge is -2.27. The van der Waals surface area contributed by atoms with Crippen molar-refractivity contribution >= 4 is 11.6 Å². The van der Waals surface area contributed by atoms with Crippen LogP contribution in [0.3, 0.4) is 0 Å². The number of hydrogen-bond acceptors (Lipinski definition) is 2. The molecule has 0 radical (unpaired) electrons. The third-order valence-electron chi connectivity index (χ3n) is 2.18. The molecule has 80 valence electrons. The number of halogens is 1. The Morgan fingerprint density at radius 1 is 1.46 bits per heavy atom. The smallest absolute Gasteiger partial charge is 0.0594 e. The maximum Gasteiger partial charge on any atom is 0.0594 e. The van der Waals surface area contributed by atoms with E-state index in [0.29, 0.717) is 12.0 Å². The first-order valence-corrected chi connectivity index (χ1v) is 5.50. The maximum absolute atomic E-state index is 5.85. The van der Waals surface area contributed by atoms with Crippen molar-refractivity contribution in [2.45, 2.75) is 45.8 Å². The van der Waals surface area contributed by atoms with Crippen LogP contribution in [0.4, 0.5) is 0 Å². The Balaban J connectivity index is 3.50.